The molecule has 44 heavy (non-hydrogen) atoms. The second-order valence-electron chi connectivity index (χ2n) is 13.6. The molecule has 3 aromatic rings. The van der Waals surface area contributed by atoms with E-state index in [1.807, 2.05) is 17.0 Å². The van der Waals surface area contributed by atoms with E-state index in [4.69, 9.17) is 4.43 Å². The molecule has 0 aromatic heterocycles. The number of aromatic hydroxyl groups is 1. The molecule has 236 valence electrons. The molecule has 0 unspecified atom stereocenters. The van der Waals surface area contributed by atoms with Gasteiger partial charge in [-0.1, -0.05) is 75.4 Å². The lowest BCUT2D eigenvalue weighted by molar-refractivity contribution is -0.132. The van der Waals surface area contributed by atoms with Crippen molar-refractivity contribution in [2.24, 2.45) is 0 Å². The highest BCUT2D eigenvalue weighted by Crippen LogP contribution is 2.40. The molecule has 8 heteroatoms. The van der Waals surface area contributed by atoms with Gasteiger partial charge in [0.05, 0.1) is 11.8 Å². The zero-order valence-electron chi connectivity index (χ0n) is 27.2. The van der Waals surface area contributed by atoms with Gasteiger partial charge in [-0.3, -0.25) is 9.59 Å². The highest BCUT2D eigenvalue weighted by Gasteiger charge is 2.39. The van der Waals surface area contributed by atoms with E-state index in [0.29, 0.717) is 31.6 Å². The van der Waals surface area contributed by atoms with Gasteiger partial charge in [-0.25, -0.2) is 0 Å². The fourth-order valence-corrected chi connectivity index (χ4v) is 6.74. The number of hydrogen-bond acceptors (Lipinski definition) is 5. The van der Waals surface area contributed by atoms with Gasteiger partial charge >= 0.3 is 0 Å². The standard InChI is InChI=1S/C36H49N3O4Si/c1-26(37-23-34(43-44(5,6)36(2,3)4)30-15-16-33(41)32(22-30)38-25-40)20-28-11-9-10-27(21-28)14-17-35(42)39-19-18-29-12-7-8-13-31(29)24-39/h7-13,15-16,21-22,25-26,34,37,41H,14,17-20,23-24H2,1-6H3,(H,38,40)/t26-,34+/m1/s1. The van der Waals surface area contributed by atoms with Gasteiger partial charge in [0.2, 0.25) is 12.3 Å². The van der Waals surface area contributed by atoms with Crippen molar-refractivity contribution in [3.05, 3.63) is 94.5 Å². The molecule has 2 atom stereocenters. The SMILES string of the molecule is C[C@H](Cc1cccc(CCC(=O)N2CCc3ccccc3C2)c1)NC[C@H](O[Si](C)(C)C(C)(C)C)c1ccc(O)c(NC=O)c1. The third-order valence-corrected chi connectivity index (χ3v) is 13.6. The lowest BCUT2D eigenvalue weighted by atomic mass is 9.98. The number of carbonyl (C=O) groups excluding carboxylic acids is 2. The molecule has 0 aliphatic carbocycles. The smallest absolute Gasteiger partial charge is 0.223 e. The molecule has 3 N–H and O–H groups in total. The first-order valence-corrected chi connectivity index (χ1v) is 18.6. The van der Waals surface area contributed by atoms with Crippen LogP contribution in [0, 0.1) is 0 Å². The summed E-state index contributed by atoms with van der Waals surface area (Å²) in [6, 6.07) is 22.4. The van der Waals surface area contributed by atoms with Crippen LogP contribution in [0.25, 0.3) is 0 Å². The summed E-state index contributed by atoms with van der Waals surface area (Å²) >= 11 is 0. The average molecular weight is 616 g/mol. The summed E-state index contributed by atoms with van der Waals surface area (Å²) < 4.78 is 6.85. The number of rotatable bonds is 13. The molecule has 3 aromatic carbocycles. The first-order chi connectivity index (χ1) is 20.9. The highest BCUT2D eigenvalue weighted by atomic mass is 28.4. The minimum absolute atomic E-state index is 0.0242. The molecule has 1 aliphatic rings. The van der Waals surface area contributed by atoms with Crippen LogP contribution in [0.2, 0.25) is 18.1 Å². The zero-order chi connectivity index (χ0) is 31.9. The Balaban J connectivity index is 1.36. The van der Waals surface area contributed by atoms with E-state index in [1.165, 1.54) is 22.3 Å². The van der Waals surface area contributed by atoms with Gasteiger partial charge in [0, 0.05) is 32.1 Å². The van der Waals surface area contributed by atoms with Crippen molar-refractivity contribution in [1.82, 2.24) is 10.2 Å². The molecule has 1 heterocycles. The monoisotopic (exact) mass is 615 g/mol. The summed E-state index contributed by atoms with van der Waals surface area (Å²) in [7, 11) is -2.13. The number of phenolic OH excluding ortho intramolecular Hbond substituents is 1. The summed E-state index contributed by atoms with van der Waals surface area (Å²) in [6.07, 6.45) is 3.33. The minimum atomic E-state index is -2.13. The number of nitrogens with zero attached hydrogens (tertiary/aromatic N) is 1. The predicted molar refractivity (Wildman–Crippen MR) is 180 cm³/mol. The van der Waals surface area contributed by atoms with Crippen LogP contribution in [0.4, 0.5) is 5.69 Å². The average Bonchev–Trinajstić information content (AvgIpc) is 2.98. The predicted octanol–water partition coefficient (Wildman–Crippen LogP) is 6.76. The molecule has 2 amide bonds. The van der Waals surface area contributed by atoms with E-state index in [2.05, 4.69) is 93.9 Å². The summed E-state index contributed by atoms with van der Waals surface area (Å²) in [5, 5.41) is 16.5. The van der Waals surface area contributed by atoms with E-state index in [1.54, 1.807) is 12.1 Å². The quantitative estimate of drug-likeness (QED) is 0.112. The van der Waals surface area contributed by atoms with Gasteiger partial charge in [-0.15, -0.1) is 0 Å². The fraction of sp³-hybridized carbons (Fsp3) is 0.444. The molecule has 0 radical (unpaired) electrons. The van der Waals surface area contributed by atoms with Crippen LogP contribution in [-0.4, -0.2) is 49.8 Å². The van der Waals surface area contributed by atoms with Crippen LogP contribution in [0.1, 0.15) is 68.0 Å². The zero-order valence-corrected chi connectivity index (χ0v) is 28.2. The number of benzene rings is 3. The molecule has 4 rings (SSSR count). The summed E-state index contributed by atoms with van der Waals surface area (Å²) in [5.41, 5.74) is 6.30. The van der Waals surface area contributed by atoms with Gasteiger partial charge < -0.3 is 25.1 Å². The number of amides is 2. The van der Waals surface area contributed by atoms with Crippen molar-refractivity contribution in [2.45, 2.75) is 90.2 Å². The maximum atomic E-state index is 13.0. The van der Waals surface area contributed by atoms with Crippen molar-refractivity contribution >= 4 is 26.3 Å². The Bertz CT molecular complexity index is 1430. The number of aryl methyl sites for hydroxylation is 1. The Hall–Kier alpha value is -3.46. The highest BCUT2D eigenvalue weighted by molar-refractivity contribution is 6.74. The lowest BCUT2D eigenvalue weighted by Gasteiger charge is -2.40. The van der Waals surface area contributed by atoms with Gasteiger partial charge in [0.15, 0.2) is 8.32 Å². The van der Waals surface area contributed by atoms with Crippen LogP contribution in [-0.2, 0) is 39.8 Å². The Morgan fingerprint density at radius 3 is 2.50 bits per heavy atom. The van der Waals surface area contributed by atoms with E-state index in [0.717, 1.165) is 31.4 Å². The number of fused-ring (bicyclic) bond motifs is 1. The molecule has 0 bridgehead atoms. The maximum Gasteiger partial charge on any atom is 0.223 e. The largest absolute Gasteiger partial charge is 0.506 e. The van der Waals surface area contributed by atoms with Gasteiger partial charge in [-0.05, 0) is 84.3 Å². The second-order valence-corrected chi connectivity index (χ2v) is 18.3. The normalized spacial score (nSPS) is 14.9. The number of phenols is 1. The molecule has 0 saturated carbocycles. The Morgan fingerprint density at radius 2 is 1.77 bits per heavy atom. The Morgan fingerprint density at radius 1 is 1.05 bits per heavy atom. The molecule has 0 fully saturated rings. The van der Waals surface area contributed by atoms with Gasteiger partial charge in [0.25, 0.3) is 0 Å². The fourth-order valence-electron chi connectivity index (χ4n) is 5.46. The van der Waals surface area contributed by atoms with Crippen LogP contribution < -0.4 is 10.6 Å². The van der Waals surface area contributed by atoms with Crippen molar-refractivity contribution in [3.63, 3.8) is 0 Å². The molecule has 0 spiro atoms. The summed E-state index contributed by atoms with van der Waals surface area (Å²) in [6.45, 7) is 15.4. The number of carbonyl (C=O) groups is 2. The lowest BCUT2D eigenvalue weighted by Crippen LogP contribution is -2.44. The molecular formula is C36H49N3O4Si. The molecule has 7 nitrogen and oxygen atoms in total. The molecule has 0 saturated heterocycles. The number of nitrogens with one attached hydrogen (secondary N) is 2. The Labute approximate surface area is 264 Å². The van der Waals surface area contributed by atoms with Gasteiger partial charge in [-0.2, -0.15) is 0 Å². The van der Waals surface area contributed by atoms with Crippen LogP contribution in [0.3, 0.4) is 0 Å². The molecular weight excluding hydrogens is 566 g/mol. The third kappa shape index (κ3) is 8.80. The third-order valence-electron chi connectivity index (χ3n) is 9.15. The van der Waals surface area contributed by atoms with E-state index in [9.17, 15) is 14.7 Å². The van der Waals surface area contributed by atoms with Crippen LogP contribution >= 0.6 is 0 Å². The van der Waals surface area contributed by atoms with Crippen molar-refractivity contribution in [2.75, 3.05) is 18.4 Å². The summed E-state index contributed by atoms with van der Waals surface area (Å²) in [4.78, 5) is 26.1. The van der Waals surface area contributed by atoms with Crippen molar-refractivity contribution in [1.29, 1.82) is 0 Å². The summed E-state index contributed by atoms with van der Waals surface area (Å²) in [5.74, 6) is 0.240. The van der Waals surface area contributed by atoms with E-state index < -0.39 is 8.32 Å². The maximum absolute atomic E-state index is 13.0. The Kier molecular flexibility index (Phi) is 11.1. The van der Waals surface area contributed by atoms with Crippen molar-refractivity contribution < 1.29 is 19.1 Å². The van der Waals surface area contributed by atoms with Crippen LogP contribution in [0.15, 0.2) is 66.7 Å². The van der Waals surface area contributed by atoms with Crippen molar-refractivity contribution in [3.8, 4) is 5.75 Å². The second kappa shape index (κ2) is 14.5. The van der Waals surface area contributed by atoms with E-state index >= 15 is 0 Å². The topological polar surface area (TPSA) is 90.9 Å². The first-order valence-electron chi connectivity index (χ1n) is 15.7. The number of hydrogen-bond donors (Lipinski definition) is 3. The minimum Gasteiger partial charge on any atom is -0.506 e. The van der Waals surface area contributed by atoms with Crippen LogP contribution in [0.5, 0.6) is 5.75 Å². The molecule has 1 aliphatic heterocycles. The van der Waals surface area contributed by atoms with Gasteiger partial charge in [0.1, 0.15) is 5.75 Å². The number of anilines is 1. The van der Waals surface area contributed by atoms with E-state index in [-0.39, 0.29) is 28.8 Å². The first kappa shape index (κ1) is 33.4.